The second-order valence-electron chi connectivity index (χ2n) is 4.66. The largest absolute Gasteiger partial charge is 0.0645 e. The Bertz CT molecular complexity index is 487. The summed E-state index contributed by atoms with van der Waals surface area (Å²) in [6.45, 7) is 2.31. The van der Waals surface area contributed by atoms with Crippen LogP contribution in [0.15, 0.2) is 42.5 Å². The van der Waals surface area contributed by atoms with Gasteiger partial charge in [-0.05, 0) is 41.0 Å². The second kappa shape index (κ2) is 3.10. The maximum absolute atomic E-state index is 2.32. The van der Waals surface area contributed by atoms with Gasteiger partial charge in [0.1, 0.15) is 0 Å². The van der Waals surface area contributed by atoms with Crippen molar-refractivity contribution in [2.75, 3.05) is 0 Å². The topological polar surface area (TPSA) is 0 Å². The summed E-state index contributed by atoms with van der Waals surface area (Å²) in [6.07, 6.45) is 4.02. The summed E-state index contributed by atoms with van der Waals surface area (Å²) in [4.78, 5) is 0. The fourth-order valence-electron chi connectivity index (χ4n) is 2.65. The van der Waals surface area contributed by atoms with Gasteiger partial charge in [-0.15, -0.1) is 0 Å². The van der Waals surface area contributed by atoms with E-state index in [1.54, 1.807) is 5.56 Å². The van der Waals surface area contributed by atoms with E-state index >= 15 is 0 Å². The normalized spacial score (nSPS) is 17.9. The molecule has 1 fully saturated rings. The van der Waals surface area contributed by atoms with Gasteiger partial charge in [0, 0.05) is 0 Å². The van der Waals surface area contributed by atoms with Crippen molar-refractivity contribution < 1.29 is 0 Å². The molecule has 0 aromatic heterocycles. The molecule has 1 aliphatic rings. The van der Waals surface area contributed by atoms with Crippen LogP contribution in [0.25, 0.3) is 10.8 Å². The summed E-state index contributed by atoms with van der Waals surface area (Å²) in [5.74, 6) is 0. The van der Waals surface area contributed by atoms with Gasteiger partial charge in [-0.1, -0.05) is 49.4 Å². The van der Waals surface area contributed by atoms with Crippen LogP contribution in [0.5, 0.6) is 0 Å². The van der Waals surface area contributed by atoms with E-state index in [4.69, 9.17) is 0 Å². The second-order valence-corrected chi connectivity index (χ2v) is 4.66. The zero-order valence-corrected chi connectivity index (χ0v) is 9.16. The molecule has 2 aromatic carbocycles. The SMILES string of the molecule is CCC1(c2cccc3ccccc23)CC1. The van der Waals surface area contributed by atoms with Crippen molar-refractivity contribution in [2.45, 2.75) is 31.6 Å². The van der Waals surface area contributed by atoms with E-state index in [0.717, 1.165) is 0 Å². The fraction of sp³-hybridized carbons (Fsp3) is 0.333. The Hall–Kier alpha value is -1.30. The molecular formula is C15H16. The molecule has 0 spiro atoms. The summed E-state index contributed by atoms with van der Waals surface area (Å²) in [5, 5.41) is 2.84. The number of fused-ring (bicyclic) bond motifs is 1. The molecule has 0 heteroatoms. The Morgan fingerprint density at radius 1 is 1.00 bits per heavy atom. The van der Waals surface area contributed by atoms with E-state index in [9.17, 15) is 0 Å². The van der Waals surface area contributed by atoms with Gasteiger partial charge < -0.3 is 0 Å². The molecule has 0 nitrogen and oxygen atoms in total. The maximum atomic E-state index is 2.32. The highest BCUT2D eigenvalue weighted by molar-refractivity contribution is 5.87. The summed E-state index contributed by atoms with van der Waals surface area (Å²) >= 11 is 0. The molecule has 0 aliphatic heterocycles. The van der Waals surface area contributed by atoms with Crippen LogP contribution < -0.4 is 0 Å². The summed E-state index contributed by atoms with van der Waals surface area (Å²) < 4.78 is 0. The third kappa shape index (κ3) is 1.28. The number of rotatable bonds is 2. The molecule has 1 saturated carbocycles. The smallest absolute Gasteiger partial charge is 0.00428 e. The highest BCUT2D eigenvalue weighted by atomic mass is 14.5. The zero-order chi connectivity index (χ0) is 10.3. The van der Waals surface area contributed by atoms with Crippen LogP contribution in [0, 0.1) is 0 Å². The molecule has 76 valence electrons. The molecule has 0 atom stereocenters. The van der Waals surface area contributed by atoms with Crippen LogP contribution in [0.3, 0.4) is 0 Å². The average molecular weight is 196 g/mol. The van der Waals surface area contributed by atoms with Crippen LogP contribution in [0.4, 0.5) is 0 Å². The Labute approximate surface area is 90.9 Å². The molecule has 15 heavy (non-hydrogen) atoms. The van der Waals surface area contributed by atoms with Crippen LogP contribution in [0.1, 0.15) is 31.7 Å². The van der Waals surface area contributed by atoms with Crippen molar-refractivity contribution in [3.63, 3.8) is 0 Å². The minimum absolute atomic E-state index is 0.515. The predicted octanol–water partition coefficient (Wildman–Crippen LogP) is 4.28. The Balaban J connectivity index is 2.27. The van der Waals surface area contributed by atoms with E-state index in [1.807, 2.05) is 0 Å². The van der Waals surface area contributed by atoms with Gasteiger partial charge in [0.25, 0.3) is 0 Å². The first-order valence-corrected chi connectivity index (χ1v) is 5.84. The van der Waals surface area contributed by atoms with Crippen LogP contribution in [-0.2, 0) is 5.41 Å². The molecule has 3 rings (SSSR count). The third-order valence-corrected chi connectivity index (χ3v) is 3.89. The minimum Gasteiger partial charge on any atom is -0.0645 e. The van der Waals surface area contributed by atoms with Crippen molar-refractivity contribution in [3.05, 3.63) is 48.0 Å². The Kier molecular flexibility index (Phi) is 1.85. The number of hydrogen-bond donors (Lipinski definition) is 0. The van der Waals surface area contributed by atoms with Crippen LogP contribution >= 0.6 is 0 Å². The van der Waals surface area contributed by atoms with E-state index in [1.165, 1.54) is 30.0 Å². The van der Waals surface area contributed by atoms with Crippen molar-refractivity contribution in [3.8, 4) is 0 Å². The Morgan fingerprint density at radius 2 is 1.73 bits per heavy atom. The molecule has 0 unspecified atom stereocenters. The molecule has 0 amide bonds. The van der Waals surface area contributed by atoms with Crippen molar-refractivity contribution >= 4 is 10.8 Å². The highest BCUT2D eigenvalue weighted by Crippen LogP contribution is 2.52. The average Bonchev–Trinajstić information content (AvgIpc) is 3.09. The van der Waals surface area contributed by atoms with Gasteiger partial charge in [-0.2, -0.15) is 0 Å². The lowest BCUT2D eigenvalue weighted by Crippen LogP contribution is -2.04. The molecule has 0 saturated heterocycles. The summed E-state index contributed by atoms with van der Waals surface area (Å²) in [5.41, 5.74) is 2.09. The van der Waals surface area contributed by atoms with Crippen molar-refractivity contribution in [2.24, 2.45) is 0 Å². The van der Waals surface area contributed by atoms with Gasteiger partial charge in [-0.3, -0.25) is 0 Å². The predicted molar refractivity (Wildman–Crippen MR) is 65.2 cm³/mol. The molecule has 0 N–H and O–H groups in total. The lowest BCUT2D eigenvalue weighted by molar-refractivity contribution is 0.670. The molecule has 2 aromatic rings. The van der Waals surface area contributed by atoms with Crippen molar-refractivity contribution in [1.82, 2.24) is 0 Å². The minimum atomic E-state index is 0.515. The Morgan fingerprint density at radius 3 is 2.47 bits per heavy atom. The lowest BCUT2D eigenvalue weighted by Gasteiger charge is -2.15. The van der Waals surface area contributed by atoms with Crippen LogP contribution in [0.2, 0.25) is 0 Å². The van der Waals surface area contributed by atoms with Gasteiger partial charge in [0.2, 0.25) is 0 Å². The van der Waals surface area contributed by atoms with E-state index < -0.39 is 0 Å². The zero-order valence-electron chi connectivity index (χ0n) is 9.16. The van der Waals surface area contributed by atoms with E-state index in [2.05, 4.69) is 49.4 Å². The molecular weight excluding hydrogens is 180 g/mol. The van der Waals surface area contributed by atoms with Crippen LogP contribution in [-0.4, -0.2) is 0 Å². The fourth-order valence-corrected chi connectivity index (χ4v) is 2.65. The lowest BCUT2D eigenvalue weighted by atomic mass is 9.89. The number of hydrogen-bond acceptors (Lipinski definition) is 0. The highest BCUT2D eigenvalue weighted by Gasteiger charge is 2.42. The van der Waals surface area contributed by atoms with Gasteiger partial charge in [-0.25, -0.2) is 0 Å². The number of benzene rings is 2. The van der Waals surface area contributed by atoms with Gasteiger partial charge in [0.15, 0.2) is 0 Å². The van der Waals surface area contributed by atoms with E-state index in [-0.39, 0.29) is 0 Å². The van der Waals surface area contributed by atoms with Gasteiger partial charge in [0.05, 0.1) is 0 Å². The molecule has 0 heterocycles. The van der Waals surface area contributed by atoms with E-state index in [0.29, 0.717) is 5.41 Å². The first kappa shape index (κ1) is 8.96. The maximum Gasteiger partial charge on any atom is -0.00428 e. The molecule has 1 aliphatic carbocycles. The summed E-state index contributed by atoms with van der Waals surface area (Å²) in [7, 11) is 0. The van der Waals surface area contributed by atoms with Gasteiger partial charge >= 0.3 is 0 Å². The summed E-state index contributed by atoms with van der Waals surface area (Å²) in [6, 6.07) is 15.5. The first-order chi connectivity index (χ1) is 7.36. The first-order valence-electron chi connectivity index (χ1n) is 5.84. The third-order valence-electron chi connectivity index (χ3n) is 3.89. The standard InChI is InChI=1S/C15H16/c1-2-15(10-11-15)14-9-5-7-12-6-3-4-8-13(12)14/h3-9H,2,10-11H2,1H3. The molecule has 0 bridgehead atoms. The van der Waals surface area contributed by atoms with Crippen molar-refractivity contribution in [1.29, 1.82) is 0 Å². The monoisotopic (exact) mass is 196 g/mol. The quantitative estimate of drug-likeness (QED) is 0.672. The molecule has 0 radical (unpaired) electrons.